The fourth-order valence-electron chi connectivity index (χ4n) is 0.851. The van der Waals surface area contributed by atoms with Crippen molar-refractivity contribution in [2.24, 2.45) is 0 Å². The molecule has 0 aliphatic heterocycles. The topological polar surface area (TPSA) is 57.9 Å². The third-order valence-electron chi connectivity index (χ3n) is 1.39. The lowest BCUT2D eigenvalue weighted by molar-refractivity contribution is 0.609. The zero-order valence-electron chi connectivity index (χ0n) is 6.46. The van der Waals surface area contributed by atoms with E-state index in [1.54, 1.807) is 12.1 Å². The van der Waals surface area contributed by atoms with Gasteiger partial charge in [0.2, 0.25) is 0 Å². The second kappa shape index (κ2) is 4.35. The van der Waals surface area contributed by atoms with Crippen molar-refractivity contribution in [1.29, 1.82) is 5.26 Å². The van der Waals surface area contributed by atoms with Crippen LogP contribution in [0.2, 0.25) is 0 Å². The Hall–Kier alpha value is 0.160. The Bertz CT molecular complexity index is 523. The van der Waals surface area contributed by atoms with Crippen LogP contribution >= 0.6 is 49.2 Å². The van der Waals surface area contributed by atoms with Crippen LogP contribution in [0.3, 0.4) is 0 Å². The van der Waals surface area contributed by atoms with E-state index in [0.717, 1.165) is 0 Å². The molecular formula is C7H2BrClINO2S. The molecule has 1 aromatic carbocycles. The van der Waals surface area contributed by atoms with E-state index in [1.807, 2.05) is 22.6 Å². The van der Waals surface area contributed by atoms with Gasteiger partial charge in [0, 0.05) is 18.7 Å². The normalized spacial score (nSPS) is 11.0. The molecule has 14 heavy (non-hydrogen) atoms. The fraction of sp³-hybridized carbons (Fsp3) is 0. The first kappa shape index (κ1) is 12.2. The third kappa shape index (κ3) is 2.59. The molecule has 1 aromatic rings. The van der Waals surface area contributed by atoms with Crippen LogP contribution in [-0.2, 0) is 9.05 Å². The largest absolute Gasteiger partial charge is 0.262 e. The van der Waals surface area contributed by atoms with Crippen molar-refractivity contribution < 1.29 is 8.42 Å². The van der Waals surface area contributed by atoms with Crippen LogP contribution in [-0.4, -0.2) is 8.42 Å². The number of halogens is 3. The molecular weight excluding hydrogens is 404 g/mol. The Morgan fingerprint density at radius 3 is 2.50 bits per heavy atom. The molecule has 0 atom stereocenters. The molecule has 0 bridgehead atoms. The molecule has 74 valence electrons. The molecule has 0 spiro atoms. The highest BCUT2D eigenvalue weighted by molar-refractivity contribution is 14.1. The third-order valence-corrected chi connectivity index (χ3v) is 4.05. The van der Waals surface area contributed by atoms with Crippen LogP contribution in [0.25, 0.3) is 0 Å². The van der Waals surface area contributed by atoms with Gasteiger partial charge in [-0.15, -0.1) is 0 Å². The van der Waals surface area contributed by atoms with E-state index in [2.05, 4.69) is 15.9 Å². The summed E-state index contributed by atoms with van der Waals surface area (Å²) < 4.78 is 23.3. The molecule has 0 radical (unpaired) electrons. The number of benzene rings is 1. The van der Waals surface area contributed by atoms with Crippen LogP contribution in [0.1, 0.15) is 5.56 Å². The number of rotatable bonds is 1. The highest BCUT2D eigenvalue weighted by atomic mass is 127. The zero-order valence-corrected chi connectivity index (χ0v) is 11.8. The SMILES string of the molecule is N#Cc1c(I)cc(Br)cc1S(=O)(=O)Cl. The zero-order chi connectivity index (χ0) is 10.9. The van der Waals surface area contributed by atoms with Crippen molar-refractivity contribution in [2.45, 2.75) is 4.90 Å². The fourth-order valence-corrected chi connectivity index (χ4v) is 3.85. The maximum Gasteiger partial charge on any atom is 0.262 e. The summed E-state index contributed by atoms with van der Waals surface area (Å²) in [4.78, 5) is -0.166. The van der Waals surface area contributed by atoms with Crippen LogP contribution in [0.4, 0.5) is 0 Å². The summed E-state index contributed by atoms with van der Waals surface area (Å²) in [6.07, 6.45) is 0. The van der Waals surface area contributed by atoms with Gasteiger partial charge >= 0.3 is 0 Å². The molecule has 0 unspecified atom stereocenters. The predicted molar refractivity (Wildman–Crippen MR) is 64.6 cm³/mol. The summed E-state index contributed by atoms with van der Waals surface area (Å²) in [6, 6.07) is 4.76. The van der Waals surface area contributed by atoms with Gasteiger partial charge in [0.25, 0.3) is 9.05 Å². The summed E-state index contributed by atoms with van der Waals surface area (Å²) >= 11 is 5.01. The number of nitrogens with zero attached hydrogens (tertiary/aromatic N) is 1. The van der Waals surface area contributed by atoms with E-state index in [0.29, 0.717) is 8.04 Å². The van der Waals surface area contributed by atoms with Crippen molar-refractivity contribution in [2.75, 3.05) is 0 Å². The lowest BCUT2D eigenvalue weighted by atomic mass is 10.2. The molecule has 1 rings (SSSR count). The van der Waals surface area contributed by atoms with Crippen LogP contribution in [0.15, 0.2) is 21.5 Å². The van der Waals surface area contributed by atoms with E-state index in [-0.39, 0.29) is 10.5 Å². The minimum Gasteiger partial charge on any atom is -0.207 e. The van der Waals surface area contributed by atoms with Crippen molar-refractivity contribution in [1.82, 2.24) is 0 Å². The van der Waals surface area contributed by atoms with Gasteiger partial charge in [-0.1, -0.05) is 15.9 Å². The lowest BCUT2D eigenvalue weighted by Gasteiger charge is -2.02. The van der Waals surface area contributed by atoms with Crippen LogP contribution in [0.5, 0.6) is 0 Å². The molecule has 0 saturated heterocycles. The molecule has 0 aromatic heterocycles. The molecule has 0 N–H and O–H groups in total. The molecule has 0 amide bonds. The van der Waals surface area contributed by atoms with Gasteiger partial charge in [0.1, 0.15) is 11.0 Å². The first-order valence-electron chi connectivity index (χ1n) is 3.20. The van der Waals surface area contributed by atoms with E-state index in [1.165, 1.54) is 6.07 Å². The van der Waals surface area contributed by atoms with Gasteiger partial charge in [-0.25, -0.2) is 8.42 Å². The van der Waals surface area contributed by atoms with E-state index < -0.39 is 9.05 Å². The lowest BCUT2D eigenvalue weighted by Crippen LogP contribution is -1.97. The smallest absolute Gasteiger partial charge is 0.207 e. The minimum atomic E-state index is -3.88. The Balaban J connectivity index is 3.68. The monoisotopic (exact) mass is 405 g/mol. The van der Waals surface area contributed by atoms with Crippen molar-refractivity contribution >= 4 is 58.3 Å². The molecule has 0 fully saturated rings. The number of hydrogen-bond donors (Lipinski definition) is 0. The van der Waals surface area contributed by atoms with Crippen LogP contribution < -0.4 is 0 Å². The summed E-state index contributed by atoms with van der Waals surface area (Å²) in [7, 11) is 1.31. The predicted octanol–water partition coefficient (Wildman–Crippen LogP) is 2.85. The van der Waals surface area contributed by atoms with Gasteiger partial charge in [-0.3, -0.25) is 0 Å². The highest BCUT2D eigenvalue weighted by Crippen LogP contribution is 2.27. The highest BCUT2D eigenvalue weighted by Gasteiger charge is 2.18. The average molecular weight is 406 g/mol. The summed E-state index contributed by atoms with van der Waals surface area (Å²) in [5, 5.41) is 8.76. The molecule has 7 heteroatoms. The quantitative estimate of drug-likeness (QED) is 0.532. The average Bonchev–Trinajstić information content (AvgIpc) is 2.01. The second-order valence-electron chi connectivity index (χ2n) is 2.31. The van der Waals surface area contributed by atoms with Crippen LogP contribution in [0, 0.1) is 14.9 Å². The first-order chi connectivity index (χ1) is 6.36. The van der Waals surface area contributed by atoms with Gasteiger partial charge in [0.05, 0.1) is 5.56 Å². The Morgan fingerprint density at radius 2 is 2.07 bits per heavy atom. The number of nitriles is 1. The first-order valence-corrected chi connectivity index (χ1v) is 7.38. The summed E-state index contributed by atoms with van der Waals surface area (Å²) in [6.45, 7) is 0. The molecule has 3 nitrogen and oxygen atoms in total. The minimum absolute atomic E-state index is 0.0730. The molecule has 0 saturated carbocycles. The van der Waals surface area contributed by atoms with Gasteiger partial charge in [-0.05, 0) is 34.7 Å². The van der Waals surface area contributed by atoms with Crippen molar-refractivity contribution in [3.8, 4) is 6.07 Å². The summed E-state index contributed by atoms with van der Waals surface area (Å²) in [5.74, 6) is 0. The Labute approximate surface area is 108 Å². The van der Waals surface area contributed by atoms with Gasteiger partial charge < -0.3 is 0 Å². The molecule has 0 aliphatic rings. The van der Waals surface area contributed by atoms with Gasteiger partial charge in [-0.2, -0.15) is 5.26 Å². The number of hydrogen-bond acceptors (Lipinski definition) is 3. The molecule has 0 aliphatic carbocycles. The maximum atomic E-state index is 11.1. The van der Waals surface area contributed by atoms with Gasteiger partial charge in [0.15, 0.2) is 0 Å². The second-order valence-corrected chi connectivity index (χ2v) is 6.92. The van der Waals surface area contributed by atoms with E-state index in [9.17, 15) is 8.42 Å². The Morgan fingerprint density at radius 1 is 1.50 bits per heavy atom. The Kier molecular flexibility index (Phi) is 3.80. The summed E-state index contributed by atoms with van der Waals surface area (Å²) in [5.41, 5.74) is 0.0730. The van der Waals surface area contributed by atoms with E-state index >= 15 is 0 Å². The standard InChI is InChI=1S/C7H2BrClINO2S/c8-4-1-6(10)5(3-11)7(2-4)14(9,12)13/h1-2H. The maximum absolute atomic E-state index is 11.1. The van der Waals surface area contributed by atoms with Crippen molar-refractivity contribution in [3.63, 3.8) is 0 Å². The van der Waals surface area contributed by atoms with E-state index in [4.69, 9.17) is 15.9 Å². The molecule has 0 heterocycles. The van der Waals surface area contributed by atoms with Crippen molar-refractivity contribution in [3.05, 3.63) is 25.7 Å².